The summed E-state index contributed by atoms with van der Waals surface area (Å²) in [7, 11) is 12.8. The van der Waals surface area contributed by atoms with Crippen LogP contribution in [0.1, 0.15) is 189 Å². The molecule has 0 aromatic heterocycles. The lowest BCUT2D eigenvalue weighted by Crippen LogP contribution is -2.68. The highest BCUT2D eigenvalue weighted by molar-refractivity contribution is 6.01. The van der Waals surface area contributed by atoms with Gasteiger partial charge in [0.15, 0.2) is 0 Å². The Labute approximate surface area is 602 Å². The topological polar surface area (TPSA) is 279 Å². The molecule has 6 fully saturated rings. The highest BCUT2D eigenvalue weighted by Crippen LogP contribution is 2.43. The van der Waals surface area contributed by atoms with E-state index in [1.165, 1.54) is 108 Å². The minimum atomic E-state index is -4.50. The van der Waals surface area contributed by atoms with Crippen molar-refractivity contribution in [2.45, 2.75) is 255 Å². The smallest absolute Gasteiger partial charge is 0.381 e. The van der Waals surface area contributed by atoms with Gasteiger partial charge in [0.1, 0.15) is 53.9 Å². The Morgan fingerprint density at radius 3 is 1.90 bits per heavy atom. The molecule has 0 aromatic rings. The second-order valence-electron chi connectivity index (χ2n) is 31.4. The van der Waals surface area contributed by atoms with Crippen LogP contribution in [0.3, 0.4) is 0 Å². The van der Waals surface area contributed by atoms with Crippen molar-refractivity contribution in [3.8, 4) is 0 Å². The number of rotatable bonds is 12. The zero-order chi connectivity index (χ0) is 75.4. The lowest BCUT2D eigenvalue weighted by Gasteiger charge is -2.46. The van der Waals surface area contributed by atoms with Gasteiger partial charge in [-0.05, 0) is 132 Å². The summed E-state index contributed by atoms with van der Waals surface area (Å²) >= 11 is 0. The van der Waals surface area contributed by atoms with Gasteiger partial charge in [-0.1, -0.05) is 98.1 Å². The predicted molar refractivity (Wildman–Crippen MR) is 376 cm³/mol. The molecule has 7 aliphatic rings. The van der Waals surface area contributed by atoms with Crippen LogP contribution in [0.4, 0.5) is 13.2 Å². The molecule has 12 amide bonds. The van der Waals surface area contributed by atoms with Crippen molar-refractivity contribution in [1.29, 1.82) is 0 Å². The molecule has 28 heteroatoms. The number of likely N-dealkylation sites (N-methyl/N-ethyl adjacent to an activating group) is 7. The van der Waals surface area contributed by atoms with Crippen molar-refractivity contribution < 1.29 is 75.4 Å². The first kappa shape index (κ1) is 82.4. The van der Waals surface area contributed by atoms with E-state index in [2.05, 4.69) is 22.9 Å². The summed E-state index contributed by atoms with van der Waals surface area (Å²) in [6.45, 7) is 8.47. The number of nitrogens with zero attached hydrogens (tertiary/aromatic N) is 9. The Morgan fingerprint density at radius 2 is 1.30 bits per heavy atom. The normalized spacial score (nSPS) is 32.2. The third-order valence-corrected chi connectivity index (χ3v) is 23.8. The maximum Gasteiger partial charge on any atom is 0.394 e. The van der Waals surface area contributed by atoms with Crippen molar-refractivity contribution in [2.24, 2.45) is 41.4 Å². The van der Waals surface area contributed by atoms with Gasteiger partial charge in [0.25, 0.3) is 0 Å². The number of fused-ring (bicyclic) bond motifs is 3. The van der Waals surface area contributed by atoms with E-state index in [4.69, 9.17) is 4.74 Å². The summed E-state index contributed by atoms with van der Waals surface area (Å²) < 4.78 is 48.2. The lowest BCUT2D eigenvalue weighted by atomic mass is 9.74. The fourth-order valence-electron chi connectivity index (χ4n) is 16.8. The van der Waals surface area contributed by atoms with Gasteiger partial charge in [-0.3, -0.25) is 57.5 Å². The fourth-order valence-corrected chi connectivity index (χ4v) is 16.8. The van der Waals surface area contributed by atoms with Gasteiger partial charge in [-0.2, -0.15) is 13.2 Å². The SMILES string of the molecule is CCC[C@H]1C(=O)N[C@@H]([C@@H](C)CC)C(=O)N(C)CC(=O)N(C)[C@H]2C/C=C\CCN(C2=O)[C@@H](CC2CCC(C)CC2)C(=O)N(C)CC(=O)N[C@@H](CCC2CCC(C(F)(F)F)C(OC)C2)C(=O)N2C[C@H](C)C[C@H]2C(=O)NC2(CCC2)C(=O)N(C)[C@@H](C2CCCC2)C(=O)N(C)[C@H](C(=O)N(C)C)CC(=O)N1C. The Bertz CT molecular complexity index is 3030. The van der Waals surface area contributed by atoms with Crippen LogP contribution in [0.15, 0.2) is 12.2 Å². The molecule has 2 saturated heterocycles. The van der Waals surface area contributed by atoms with Crippen LogP contribution in [0.5, 0.6) is 0 Å². The molecule has 2 bridgehead atoms. The van der Waals surface area contributed by atoms with Crippen LogP contribution >= 0.6 is 0 Å². The first-order valence-corrected chi connectivity index (χ1v) is 37.6. The number of amides is 12. The van der Waals surface area contributed by atoms with Crippen LogP contribution in [-0.4, -0.2) is 271 Å². The van der Waals surface area contributed by atoms with Crippen LogP contribution in [0.2, 0.25) is 0 Å². The van der Waals surface area contributed by atoms with E-state index in [1.807, 2.05) is 26.8 Å². The zero-order valence-electron chi connectivity index (χ0n) is 63.2. The Balaban J connectivity index is 1.29. The number of methoxy groups -OCH3 is 1. The molecule has 0 radical (unpaired) electrons. The van der Waals surface area contributed by atoms with Gasteiger partial charge in [0.05, 0.1) is 31.5 Å². The molecular weight excluding hydrogens is 1320 g/mol. The van der Waals surface area contributed by atoms with Gasteiger partial charge >= 0.3 is 6.18 Å². The number of hydrogen-bond acceptors (Lipinski definition) is 13. The molecule has 3 unspecified atom stereocenters. The monoisotopic (exact) mass is 1440 g/mol. The Kier molecular flexibility index (Phi) is 29.3. The summed E-state index contributed by atoms with van der Waals surface area (Å²) in [6.07, 6.45) is 6.13. The minimum absolute atomic E-state index is 0.00910. The molecule has 3 N–H and O–H groups in total. The highest BCUT2D eigenvalue weighted by Gasteiger charge is 2.54. The first-order chi connectivity index (χ1) is 48.1. The number of halogens is 3. The first-order valence-electron chi connectivity index (χ1n) is 37.6. The maximum atomic E-state index is 15.5. The summed E-state index contributed by atoms with van der Waals surface area (Å²) in [5, 5.41) is 8.84. The number of carbonyl (C=O) groups excluding carboxylic acids is 12. The molecule has 7 rings (SSSR count). The minimum Gasteiger partial charge on any atom is -0.381 e. The number of hydrogen-bond donors (Lipinski definition) is 3. The summed E-state index contributed by atoms with van der Waals surface area (Å²) in [5.74, 6) is -10.3. The summed E-state index contributed by atoms with van der Waals surface area (Å²) in [6, 6.07) is -9.76. The quantitative estimate of drug-likeness (QED) is 0.203. The van der Waals surface area contributed by atoms with Crippen LogP contribution < -0.4 is 16.0 Å². The highest BCUT2D eigenvalue weighted by atomic mass is 19.4. The van der Waals surface area contributed by atoms with E-state index in [-0.39, 0.29) is 101 Å². The van der Waals surface area contributed by atoms with Crippen molar-refractivity contribution >= 4 is 70.9 Å². The number of alkyl halides is 3. The largest absolute Gasteiger partial charge is 0.394 e. The molecule has 574 valence electrons. The average Bonchev–Trinajstić information content (AvgIpc) is 1.22. The van der Waals surface area contributed by atoms with Crippen LogP contribution in [0, 0.1) is 41.4 Å². The van der Waals surface area contributed by atoms with Gasteiger partial charge in [-0.15, -0.1) is 0 Å². The molecule has 1 spiro atoms. The summed E-state index contributed by atoms with van der Waals surface area (Å²) in [5.41, 5.74) is -1.54. The lowest BCUT2D eigenvalue weighted by molar-refractivity contribution is -0.215. The molecule has 4 aliphatic carbocycles. The Morgan fingerprint density at radius 1 is 0.657 bits per heavy atom. The number of ether oxygens (including phenoxy) is 1. The van der Waals surface area contributed by atoms with Crippen molar-refractivity contribution in [2.75, 3.05) is 89.7 Å². The average molecular weight is 1440 g/mol. The Hall–Kier alpha value is -6.87. The van der Waals surface area contributed by atoms with Crippen LogP contribution in [-0.2, 0) is 62.3 Å². The zero-order valence-corrected chi connectivity index (χ0v) is 63.2. The van der Waals surface area contributed by atoms with E-state index in [0.717, 1.165) is 38.5 Å². The summed E-state index contributed by atoms with van der Waals surface area (Å²) in [4.78, 5) is 192. The van der Waals surface area contributed by atoms with E-state index in [9.17, 15) is 41.9 Å². The van der Waals surface area contributed by atoms with Crippen molar-refractivity contribution in [1.82, 2.24) is 60.0 Å². The fraction of sp³-hybridized carbons (Fsp3) is 0.811. The molecular formula is C74H119F3N12O13. The van der Waals surface area contributed by atoms with Gasteiger partial charge < -0.3 is 64.8 Å². The van der Waals surface area contributed by atoms with E-state index < -0.39 is 174 Å². The molecule has 3 aliphatic heterocycles. The molecule has 25 nitrogen and oxygen atoms in total. The van der Waals surface area contributed by atoms with Crippen LogP contribution in [0.25, 0.3) is 0 Å². The van der Waals surface area contributed by atoms with Crippen molar-refractivity contribution in [3.05, 3.63) is 12.2 Å². The second kappa shape index (κ2) is 36.2. The van der Waals surface area contributed by atoms with Gasteiger partial charge in [0, 0.05) is 76.6 Å². The molecule has 4 saturated carbocycles. The molecule has 13 atom stereocenters. The van der Waals surface area contributed by atoms with E-state index in [0.29, 0.717) is 44.4 Å². The van der Waals surface area contributed by atoms with Crippen molar-refractivity contribution in [3.63, 3.8) is 0 Å². The third kappa shape index (κ3) is 19.7. The molecule has 3 heterocycles. The number of carbonyl (C=O) groups is 12. The predicted octanol–water partition coefficient (Wildman–Crippen LogP) is 5.52. The second-order valence-corrected chi connectivity index (χ2v) is 31.4. The van der Waals surface area contributed by atoms with E-state index >= 15 is 28.8 Å². The van der Waals surface area contributed by atoms with E-state index in [1.54, 1.807) is 13.0 Å². The third-order valence-electron chi connectivity index (χ3n) is 23.8. The molecule has 102 heavy (non-hydrogen) atoms. The maximum absolute atomic E-state index is 15.5. The van der Waals surface area contributed by atoms with Gasteiger partial charge in [0.2, 0.25) is 70.9 Å². The molecule has 0 aromatic carbocycles. The number of nitrogens with one attached hydrogen (secondary N) is 3. The van der Waals surface area contributed by atoms with Gasteiger partial charge in [-0.25, -0.2) is 0 Å². The standard InChI is InChI=1S/C74H119F3N12O13/c1-15-23-53-64(93)79-62(47(5)16-2)70(99)83(9)44-61(92)85(11)54-26-18-17-21-37-88(69(54)98)57(39-48-29-27-45(3)28-30-48)68(97)82(8)43-59(90)78-52(34-32-49-31-33-51(74(75,76)77)58(40-49)102-14)66(95)89-42-46(4)38-55(89)65(94)80-73(35-22-36-73)72(101)87(13)63(50-24-19-20-25-50)71(100)86(12)56(67(96)81(6)7)41-60(91)84(53)10/h17-18,45-58,62-63H,15-16,19-44H2,1-14H3,(H,78,90)(H,79,93)(H,80,94)/b18-17-/t45?,46-,47+,48?,49?,51?,52+,53+,54+,55+,56+,57+,58?,62+,63+/m1/s1.